The van der Waals surface area contributed by atoms with Gasteiger partial charge < -0.3 is 15.2 Å². The molecule has 0 unspecified atom stereocenters. The number of para-hydroxylation sites is 2. The first-order valence-corrected chi connectivity index (χ1v) is 7.53. The number of fused-ring (bicyclic) bond motifs is 1. The zero-order valence-electron chi connectivity index (χ0n) is 13.6. The molecule has 0 aliphatic heterocycles. The molecule has 0 fully saturated rings. The molecule has 0 amide bonds. The van der Waals surface area contributed by atoms with Crippen LogP contribution >= 0.6 is 0 Å². The quantitative estimate of drug-likeness (QED) is 0.762. The van der Waals surface area contributed by atoms with E-state index in [9.17, 15) is 0 Å². The molecule has 4 heteroatoms. The molecule has 0 radical (unpaired) electrons. The lowest BCUT2D eigenvalue weighted by Gasteiger charge is -2.28. The van der Waals surface area contributed by atoms with Crippen LogP contribution in [0.3, 0.4) is 0 Å². The molecule has 116 valence electrons. The van der Waals surface area contributed by atoms with Gasteiger partial charge in [-0.1, -0.05) is 32.2 Å². The summed E-state index contributed by atoms with van der Waals surface area (Å²) in [5.41, 5.74) is 4.78. The lowest BCUT2D eigenvalue weighted by molar-refractivity contribution is 0.440. The van der Waals surface area contributed by atoms with Crippen LogP contribution in [0.25, 0.3) is 16.6 Å². The number of nitrogens with zero attached hydrogens (tertiary/aromatic N) is 2. The summed E-state index contributed by atoms with van der Waals surface area (Å²) in [7, 11) is 1.88. The van der Waals surface area contributed by atoms with Crippen LogP contribution in [0.5, 0.6) is 0 Å². The Bertz CT molecular complexity index is 676. The molecule has 0 aliphatic rings. The smallest absolute Gasteiger partial charge is 0.140 e. The number of allylic oxidation sites excluding steroid dienone is 2. The van der Waals surface area contributed by atoms with E-state index >= 15 is 0 Å². The highest BCUT2D eigenvalue weighted by atomic mass is 15.2. The summed E-state index contributed by atoms with van der Waals surface area (Å²) >= 11 is 0. The van der Waals surface area contributed by atoms with Gasteiger partial charge in [0.05, 0.1) is 16.7 Å². The fraction of sp³-hybridized carbons (Fsp3) is 0.278. The van der Waals surface area contributed by atoms with E-state index in [1.165, 1.54) is 0 Å². The number of H-pyrrole nitrogens is 1. The molecule has 0 bridgehead atoms. The second-order valence-electron chi connectivity index (χ2n) is 5.29. The van der Waals surface area contributed by atoms with Crippen molar-refractivity contribution >= 4 is 16.6 Å². The van der Waals surface area contributed by atoms with Gasteiger partial charge >= 0.3 is 0 Å². The van der Waals surface area contributed by atoms with E-state index in [1.54, 1.807) is 0 Å². The van der Waals surface area contributed by atoms with Gasteiger partial charge in [0, 0.05) is 31.1 Å². The van der Waals surface area contributed by atoms with Crippen LogP contribution < -0.4 is 5.32 Å². The molecular formula is C18H24N4. The lowest BCUT2D eigenvalue weighted by atomic mass is 10.1. The Morgan fingerprint density at radius 3 is 2.68 bits per heavy atom. The minimum absolute atomic E-state index is 0.782. The molecule has 0 saturated heterocycles. The summed E-state index contributed by atoms with van der Waals surface area (Å²) in [6, 6.07) is 7.99. The molecule has 0 aliphatic carbocycles. The number of hydrogen-bond donors (Lipinski definition) is 2. The molecule has 2 rings (SSSR count). The minimum atomic E-state index is 0.782. The van der Waals surface area contributed by atoms with Crippen LogP contribution in [0, 0.1) is 0 Å². The second kappa shape index (κ2) is 6.98. The van der Waals surface area contributed by atoms with Crippen LogP contribution in [-0.4, -0.2) is 28.5 Å². The van der Waals surface area contributed by atoms with Gasteiger partial charge in [0.25, 0.3) is 0 Å². The highest BCUT2D eigenvalue weighted by molar-refractivity contribution is 5.82. The van der Waals surface area contributed by atoms with Crippen molar-refractivity contribution in [1.82, 2.24) is 20.2 Å². The van der Waals surface area contributed by atoms with Crippen molar-refractivity contribution < 1.29 is 0 Å². The summed E-state index contributed by atoms with van der Waals surface area (Å²) in [6.45, 7) is 13.4. The fourth-order valence-electron chi connectivity index (χ4n) is 2.42. The number of aromatic amines is 1. The topological polar surface area (TPSA) is 44.0 Å². The van der Waals surface area contributed by atoms with Crippen LogP contribution in [0.2, 0.25) is 0 Å². The third-order valence-corrected chi connectivity index (χ3v) is 3.46. The largest absolute Gasteiger partial charge is 0.392 e. The van der Waals surface area contributed by atoms with Gasteiger partial charge in [-0.25, -0.2) is 4.98 Å². The molecule has 0 saturated carbocycles. The molecule has 4 nitrogen and oxygen atoms in total. The third kappa shape index (κ3) is 3.22. The summed E-state index contributed by atoms with van der Waals surface area (Å²) in [5.74, 6) is 0.782. The maximum absolute atomic E-state index is 4.64. The minimum Gasteiger partial charge on any atom is -0.392 e. The number of nitrogens with one attached hydrogen (secondary N) is 2. The summed E-state index contributed by atoms with van der Waals surface area (Å²) in [6.07, 6.45) is 2.97. The van der Waals surface area contributed by atoms with E-state index in [1.807, 2.05) is 44.4 Å². The second-order valence-corrected chi connectivity index (χ2v) is 5.29. The molecule has 1 heterocycles. The maximum atomic E-state index is 4.64. The number of rotatable bonds is 7. The summed E-state index contributed by atoms with van der Waals surface area (Å²) < 4.78 is 0. The normalized spacial score (nSPS) is 11.5. The van der Waals surface area contributed by atoms with Crippen LogP contribution in [0.15, 0.2) is 55.0 Å². The van der Waals surface area contributed by atoms with E-state index in [0.29, 0.717) is 0 Å². The molecule has 1 aromatic carbocycles. The number of hydrogen-bond acceptors (Lipinski definition) is 3. The van der Waals surface area contributed by atoms with Crippen molar-refractivity contribution in [2.75, 3.05) is 13.6 Å². The zero-order valence-corrected chi connectivity index (χ0v) is 13.6. The molecule has 0 atom stereocenters. The molecule has 1 aromatic heterocycles. The average Bonchev–Trinajstić information content (AvgIpc) is 2.93. The molecule has 2 N–H and O–H groups in total. The van der Waals surface area contributed by atoms with E-state index in [-0.39, 0.29) is 0 Å². The van der Waals surface area contributed by atoms with E-state index < -0.39 is 0 Å². The lowest BCUT2D eigenvalue weighted by Crippen LogP contribution is -2.24. The Balaban J connectivity index is 2.41. The van der Waals surface area contributed by atoms with Crippen molar-refractivity contribution in [3.63, 3.8) is 0 Å². The standard InChI is InChI=1S/C18H24N4/c1-6-11-22(13(2)3)17(12-19-5)14(4)18-20-15-9-7-8-10-16(15)21-18/h7-10,12,19H,2,4,6,11H2,1,3,5H3,(H,20,21)/b17-12+. The van der Waals surface area contributed by atoms with Crippen LogP contribution in [0.4, 0.5) is 0 Å². The summed E-state index contributed by atoms with van der Waals surface area (Å²) in [4.78, 5) is 10.1. The van der Waals surface area contributed by atoms with Gasteiger partial charge in [-0.3, -0.25) is 0 Å². The zero-order chi connectivity index (χ0) is 16.1. The molecular weight excluding hydrogens is 272 g/mol. The van der Waals surface area contributed by atoms with E-state index in [4.69, 9.17) is 0 Å². The monoisotopic (exact) mass is 296 g/mol. The van der Waals surface area contributed by atoms with Gasteiger partial charge in [0.15, 0.2) is 0 Å². The van der Waals surface area contributed by atoms with Gasteiger partial charge in [-0.05, 0) is 25.5 Å². The predicted molar refractivity (Wildman–Crippen MR) is 94.1 cm³/mol. The Morgan fingerprint density at radius 2 is 2.09 bits per heavy atom. The van der Waals surface area contributed by atoms with Crippen molar-refractivity contribution in [3.05, 3.63) is 60.8 Å². The third-order valence-electron chi connectivity index (χ3n) is 3.46. The first-order chi connectivity index (χ1) is 10.6. The Morgan fingerprint density at radius 1 is 1.36 bits per heavy atom. The number of benzene rings is 1. The van der Waals surface area contributed by atoms with Crippen molar-refractivity contribution in [3.8, 4) is 0 Å². The Hall–Kier alpha value is -2.49. The molecule has 2 aromatic rings. The Labute approximate surface area is 132 Å². The first-order valence-electron chi connectivity index (χ1n) is 7.53. The van der Waals surface area contributed by atoms with Crippen LogP contribution in [0.1, 0.15) is 26.1 Å². The van der Waals surface area contributed by atoms with E-state index in [2.05, 4.69) is 40.3 Å². The van der Waals surface area contributed by atoms with Crippen molar-refractivity contribution in [2.24, 2.45) is 0 Å². The van der Waals surface area contributed by atoms with Crippen molar-refractivity contribution in [1.29, 1.82) is 0 Å². The van der Waals surface area contributed by atoms with Crippen molar-refractivity contribution in [2.45, 2.75) is 20.3 Å². The van der Waals surface area contributed by atoms with Crippen LogP contribution in [-0.2, 0) is 0 Å². The fourth-order valence-corrected chi connectivity index (χ4v) is 2.42. The predicted octanol–water partition coefficient (Wildman–Crippen LogP) is 3.88. The van der Waals surface area contributed by atoms with Gasteiger partial charge in [-0.2, -0.15) is 0 Å². The summed E-state index contributed by atoms with van der Waals surface area (Å²) in [5, 5.41) is 3.10. The Kier molecular flexibility index (Phi) is 5.04. The SMILES string of the molecule is C=C(/C(=C\NC)N(CCC)C(=C)C)c1nc2ccccc2[nH]1. The first kappa shape index (κ1) is 15.9. The van der Waals surface area contributed by atoms with Gasteiger partial charge in [-0.15, -0.1) is 0 Å². The molecule has 22 heavy (non-hydrogen) atoms. The molecule has 0 spiro atoms. The van der Waals surface area contributed by atoms with Gasteiger partial charge in [0.1, 0.15) is 5.82 Å². The average molecular weight is 296 g/mol. The highest BCUT2D eigenvalue weighted by Crippen LogP contribution is 2.26. The highest BCUT2D eigenvalue weighted by Gasteiger charge is 2.17. The number of aromatic nitrogens is 2. The van der Waals surface area contributed by atoms with Gasteiger partial charge in [0.2, 0.25) is 0 Å². The van der Waals surface area contributed by atoms with E-state index in [0.717, 1.165) is 46.8 Å². The maximum Gasteiger partial charge on any atom is 0.140 e. The number of imidazole rings is 1.